The molecular formula is C12H13FO3. The first-order valence-electron chi connectivity index (χ1n) is 5.22. The molecular weight excluding hydrogens is 211 g/mol. The fraction of sp³-hybridized carbons (Fsp3) is 0.417. The fourth-order valence-electron chi connectivity index (χ4n) is 1.64. The summed E-state index contributed by atoms with van der Waals surface area (Å²) in [5, 5.41) is 0. The van der Waals surface area contributed by atoms with Crippen molar-refractivity contribution in [1.29, 1.82) is 0 Å². The van der Waals surface area contributed by atoms with Crippen molar-refractivity contribution in [3.8, 4) is 5.75 Å². The van der Waals surface area contributed by atoms with Crippen molar-refractivity contribution in [1.82, 2.24) is 0 Å². The summed E-state index contributed by atoms with van der Waals surface area (Å²) < 4.78 is 23.3. The van der Waals surface area contributed by atoms with E-state index in [2.05, 4.69) is 0 Å². The molecule has 2 rings (SSSR count). The normalized spacial score (nSPS) is 18.1. The summed E-state index contributed by atoms with van der Waals surface area (Å²) in [5.74, 6) is -0.325. The van der Waals surface area contributed by atoms with Gasteiger partial charge in [-0.2, -0.15) is 0 Å². The lowest BCUT2D eigenvalue weighted by atomic mass is 10.1. The van der Waals surface area contributed by atoms with Crippen LogP contribution in [0.3, 0.4) is 0 Å². The molecule has 86 valence electrons. The van der Waals surface area contributed by atoms with E-state index in [0.29, 0.717) is 12.2 Å². The van der Waals surface area contributed by atoms with Crippen LogP contribution in [0.5, 0.6) is 5.75 Å². The van der Waals surface area contributed by atoms with Crippen molar-refractivity contribution in [2.24, 2.45) is 0 Å². The maximum Gasteiger partial charge on any atom is 0.347 e. The summed E-state index contributed by atoms with van der Waals surface area (Å²) >= 11 is 0. The van der Waals surface area contributed by atoms with Crippen LogP contribution in [0.1, 0.15) is 19.4 Å². The number of rotatable bonds is 2. The largest absolute Gasteiger partial charge is 0.478 e. The zero-order valence-corrected chi connectivity index (χ0v) is 9.20. The second-order valence-electron chi connectivity index (χ2n) is 4.05. The first-order valence-corrected chi connectivity index (χ1v) is 5.22. The third-order valence-corrected chi connectivity index (χ3v) is 2.32. The highest BCUT2D eigenvalue weighted by Gasteiger charge is 2.31. The molecule has 1 aromatic carbocycles. The highest BCUT2D eigenvalue weighted by Crippen LogP contribution is 2.29. The van der Waals surface area contributed by atoms with Gasteiger partial charge in [0.1, 0.15) is 11.6 Å². The first kappa shape index (κ1) is 10.9. The molecule has 1 atom stereocenters. The van der Waals surface area contributed by atoms with Crippen molar-refractivity contribution in [3.05, 3.63) is 29.6 Å². The van der Waals surface area contributed by atoms with Gasteiger partial charge in [0.25, 0.3) is 0 Å². The summed E-state index contributed by atoms with van der Waals surface area (Å²) in [6, 6.07) is 4.28. The molecule has 0 saturated carbocycles. The molecule has 1 heterocycles. The van der Waals surface area contributed by atoms with Gasteiger partial charge in [-0.05, 0) is 25.5 Å². The predicted molar refractivity (Wildman–Crippen MR) is 55.7 cm³/mol. The third-order valence-electron chi connectivity index (χ3n) is 2.32. The van der Waals surface area contributed by atoms with Gasteiger partial charge in [-0.25, -0.2) is 9.18 Å². The molecule has 0 fully saturated rings. The number of hydrogen-bond donors (Lipinski definition) is 0. The van der Waals surface area contributed by atoms with Gasteiger partial charge < -0.3 is 9.47 Å². The van der Waals surface area contributed by atoms with E-state index in [1.807, 2.05) is 0 Å². The Morgan fingerprint density at radius 1 is 1.56 bits per heavy atom. The van der Waals surface area contributed by atoms with E-state index in [1.165, 1.54) is 12.1 Å². The zero-order chi connectivity index (χ0) is 11.7. The highest BCUT2D eigenvalue weighted by atomic mass is 19.1. The summed E-state index contributed by atoms with van der Waals surface area (Å²) in [6.45, 7) is 3.55. The zero-order valence-electron chi connectivity index (χ0n) is 9.20. The van der Waals surface area contributed by atoms with Crippen LogP contribution in [0.15, 0.2) is 18.2 Å². The molecule has 0 amide bonds. The quantitative estimate of drug-likeness (QED) is 0.721. The summed E-state index contributed by atoms with van der Waals surface area (Å²) in [7, 11) is 0. The van der Waals surface area contributed by atoms with E-state index >= 15 is 0 Å². The van der Waals surface area contributed by atoms with Crippen LogP contribution in [-0.4, -0.2) is 18.2 Å². The second kappa shape index (κ2) is 4.12. The van der Waals surface area contributed by atoms with E-state index < -0.39 is 12.1 Å². The van der Waals surface area contributed by atoms with Crippen molar-refractivity contribution in [2.75, 3.05) is 0 Å². The minimum atomic E-state index is -0.640. The van der Waals surface area contributed by atoms with Gasteiger partial charge in [0.15, 0.2) is 6.10 Å². The van der Waals surface area contributed by atoms with Crippen molar-refractivity contribution in [3.63, 3.8) is 0 Å². The van der Waals surface area contributed by atoms with Crippen LogP contribution in [0, 0.1) is 5.82 Å². The number of esters is 1. The van der Waals surface area contributed by atoms with Crippen molar-refractivity contribution >= 4 is 5.97 Å². The van der Waals surface area contributed by atoms with Crippen LogP contribution in [-0.2, 0) is 16.0 Å². The Kier molecular flexibility index (Phi) is 2.81. The van der Waals surface area contributed by atoms with Gasteiger partial charge in [-0.3, -0.25) is 0 Å². The van der Waals surface area contributed by atoms with Crippen LogP contribution in [0.25, 0.3) is 0 Å². The number of carbonyl (C=O) groups is 1. The molecule has 0 aliphatic carbocycles. The highest BCUT2D eigenvalue weighted by molar-refractivity contribution is 5.77. The predicted octanol–water partition coefficient (Wildman–Crippen LogP) is 2.08. The maximum absolute atomic E-state index is 12.9. The van der Waals surface area contributed by atoms with Gasteiger partial charge >= 0.3 is 5.97 Å². The van der Waals surface area contributed by atoms with Crippen LogP contribution < -0.4 is 4.74 Å². The van der Waals surface area contributed by atoms with E-state index in [0.717, 1.165) is 5.56 Å². The van der Waals surface area contributed by atoms with E-state index in [-0.39, 0.29) is 11.9 Å². The molecule has 16 heavy (non-hydrogen) atoms. The third kappa shape index (κ3) is 2.15. The lowest BCUT2D eigenvalue weighted by Crippen LogP contribution is -2.29. The molecule has 0 spiro atoms. The lowest BCUT2D eigenvalue weighted by molar-refractivity contribution is -0.154. The number of halogens is 1. The molecule has 0 radical (unpaired) electrons. The Bertz CT molecular complexity index is 415. The number of carbonyl (C=O) groups excluding carboxylic acids is 1. The Morgan fingerprint density at radius 2 is 2.31 bits per heavy atom. The Hall–Kier alpha value is -1.58. The molecule has 0 bridgehead atoms. The molecule has 0 saturated heterocycles. The summed E-state index contributed by atoms with van der Waals surface area (Å²) in [5.41, 5.74) is 0.840. The number of fused-ring (bicyclic) bond motifs is 1. The molecule has 4 heteroatoms. The van der Waals surface area contributed by atoms with Gasteiger partial charge in [-0.15, -0.1) is 0 Å². The lowest BCUT2D eigenvalue weighted by Gasteiger charge is -2.12. The molecule has 1 aliphatic heterocycles. The van der Waals surface area contributed by atoms with Gasteiger partial charge in [-0.1, -0.05) is 6.07 Å². The minimum Gasteiger partial charge on any atom is -0.478 e. The smallest absolute Gasteiger partial charge is 0.347 e. The van der Waals surface area contributed by atoms with Gasteiger partial charge in [0.2, 0.25) is 0 Å². The second-order valence-corrected chi connectivity index (χ2v) is 4.05. The monoisotopic (exact) mass is 224 g/mol. The molecule has 0 N–H and O–H groups in total. The standard InChI is InChI=1S/C12H13FO3/c1-7(2)15-12(14)11-5-8-3-4-9(13)6-10(8)16-11/h3-4,6-7,11H,5H2,1-2H3. The van der Waals surface area contributed by atoms with E-state index in [9.17, 15) is 9.18 Å². The van der Waals surface area contributed by atoms with E-state index in [4.69, 9.17) is 9.47 Å². The summed E-state index contributed by atoms with van der Waals surface area (Å²) in [4.78, 5) is 11.6. The summed E-state index contributed by atoms with van der Waals surface area (Å²) in [6.07, 6.45) is -0.364. The first-order chi connectivity index (χ1) is 7.56. The molecule has 1 aromatic rings. The van der Waals surface area contributed by atoms with Crippen molar-refractivity contribution in [2.45, 2.75) is 32.5 Å². The Morgan fingerprint density at radius 3 is 3.00 bits per heavy atom. The molecule has 1 unspecified atom stereocenters. The maximum atomic E-state index is 12.9. The van der Waals surface area contributed by atoms with Gasteiger partial charge in [0.05, 0.1) is 6.10 Å². The van der Waals surface area contributed by atoms with Crippen molar-refractivity contribution < 1.29 is 18.7 Å². The van der Waals surface area contributed by atoms with Crippen LogP contribution in [0.2, 0.25) is 0 Å². The minimum absolute atomic E-state index is 0.170. The SMILES string of the molecule is CC(C)OC(=O)C1Cc2ccc(F)cc2O1. The van der Waals surface area contributed by atoms with Crippen LogP contribution in [0.4, 0.5) is 4.39 Å². The Labute approximate surface area is 93.2 Å². The number of ether oxygens (including phenoxy) is 2. The Balaban J connectivity index is 2.08. The topological polar surface area (TPSA) is 35.5 Å². The van der Waals surface area contributed by atoms with Gasteiger partial charge in [0, 0.05) is 12.5 Å². The molecule has 1 aliphatic rings. The van der Waals surface area contributed by atoms with E-state index in [1.54, 1.807) is 19.9 Å². The fourth-order valence-corrected chi connectivity index (χ4v) is 1.64. The average Bonchev–Trinajstić information content (AvgIpc) is 2.59. The number of hydrogen-bond acceptors (Lipinski definition) is 3. The molecule has 3 nitrogen and oxygen atoms in total. The average molecular weight is 224 g/mol. The van der Waals surface area contributed by atoms with Crippen LogP contribution >= 0.6 is 0 Å². The number of benzene rings is 1. The molecule has 0 aromatic heterocycles.